The smallest absolute Gasteiger partial charge is 0.326 e. The SMILES string of the molecule is NC(N)=NCCC[C@@H]1CN([C@@H](Cc2cccc3ccccc23)C(=O)O)C(=O)CSC[C@H](NCc2cccc3ccccc23)C(=O)N1. The number of aliphatic carboxylic acids is 1. The highest BCUT2D eigenvalue weighted by molar-refractivity contribution is 8.00. The Bertz CT molecular complexity index is 1720. The maximum atomic E-state index is 13.8. The van der Waals surface area contributed by atoms with Gasteiger partial charge in [0.15, 0.2) is 5.96 Å². The van der Waals surface area contributed by atoms with E-state index < -0.39 is 24.1 Å². The number of nitrogens with two attached hydrogens (primary N) is 2. The molecule has 240 valence electrons. The first-order valence-corrected chi connectivity index (χ1v) is 16.6. The van der Waals surface area contributed by atoms with Gasteiger partial charge in [0.2, 0.25) is 11.8 Å². The Morgan fingerprint density at radius 2 is 1.59 bits per heavy atom. The van der Waals surface area contributed by atoms with Crippen LogP contribution in [0.25, 0.3) is 21.5 Å². The molecule has 1 saturated heterocycles. The molecule has 1 heterocycles. The fourth-order valence-corrected chi connectivity index (χ4v) is 6.92. The van der Waals surface area contributed by atoms with Crippen molar-refractivity contribution in [3.8, 4) is 0 Å². The number of hydrogen-bond acceptors (Lipinski definition) is 6. The predicted molar refractivity (Wildman–Crippen MR) is 185 cm³/mol. The number of hydrogen-bond donors (Lipinski definition) is 5. The Labute approximate surface area is 272 Å². The lowest BCUT2D eigenvalue weighted by Gasteiger charge is -2.35. The van der Waals surface area contributed by atoms with Crippen molar-refractivity contribution in [2.75, 3.05) is 24.6 Å². The van der Waals surface area contributed by atoms with Crippen molar-refractivity contribution in [1.29, 1.82) is 0 Å². The van der Waals surface area contributed by atoms with Gasteiger partial charge in [0.1, 0.15) is 6.04 Å². The van der Waals surface area contributed by atoms with Gasteiger partial charge in [-0.05, 0) is 45.5 Å². The molecule has 5 rings (SSSR count). The summed E-state index contributed by atoms with van der Waals surface area (Å²) in [5, 5.41) is 21.1. The van der Waals surface area contributed by atoms with Crippen LogP contribution >= 0.6 is 11.8 Å². The number of carboxylic acid groups (broad SMARTS) is 1. The Balaban J connectivity index is 1.37. The minimum absolute atomic E-state index is 0.0254. The van der Waals surface area contributed by atoms with E-state index in [1.807, 2.05) is 66.7 Å². The minimum Gasteiger partial charge on any atom is -0.480 e. The summed E-state index contributed by atoms with van der Waals surface area (Å²) in [6.07, 6.45) is 1.13. The third kappa shape index (κ3) is 8.35. The van der Waals surface area contributed by atoms with E-state index in [2.05, 4.69) is 33.8 Å². The first-order valence-electron chi connectivity index (χ1n) is 15.4. The van der Waals surface area contributed by atoms with E-state index in [9.17, 15) is 19.5 Å². The summed E-state index contributed by atoms with van der Waals surface area (Å²) >= 11 is 1.33. The van der Waals surface area contributed by atoms with Gasteiger partial charge in [-0.1, -0.05) is 84.9 Å². The van der Waals surface area contributed by atoms with Crippen LogP contribution in [-0.2, 0) is 27.3 Å². The molecule has 4 aromatic carbocycles. The van der Waals surface area contributed by atoms with Crippen molar-refractivity contribution in [1.82, 2.24) is 15.5 Å². The van der Waals surface area contributed by atoms with Crippen LogP contribution in [0.3, 0.4) is 0 Å². The summed E-state index contributed by atoms with van der Waals surface area (Å²) < 4.78 is 0. The number of amides is 2. The van der Waals surface area contributed by atoms with Crippen LogP contribution in [0.15, 0.2) is 89.9 Å². The van der Waals surface area contributed by atoms with E-state index in [4.69, 9.17) is 11.5 Å². The van der Waals surface area contributed by atoms with Crippen LogP contribution in [0, 0.1) is 0 Å². The largest absolute Gasteiger partial charge is 0.480 e. The highest BCUT2D eigenvalue weighted by Crippen LogP contribution is 2.23. The lowest BCUT2D eigenvalue weighted by atomic mass is 9.97. The molecule has 1 aliphatic heterocycles. The zero-order chi connectivity index (χ0) is 32.5. The summed E-state index contributed by atoms with van der Waals surface area (Å²) in [6.45, 7) is 0.867. The van der Waals surface area contributed by atoms with E-state index in [0.29, 0.717) is 31.7 Å². The molecule has 0 aliphatic carbocycles. The third-order valence-electron chi connectivity index (χ3n) is 8.29. The van der Waals surface area contributed by atoms with E-state index in [0.717, 1.165) is 32.7 Å². The Morgan fingerprint density at radius 1 is 0.957 bits per heavy atom. The number of thioether (sulfide) groups is 1. The van der Waals surface area contributed by atoms with Gasteiger partial charge in [-0.3, -0.25) is 14.6 Å². The molecule has 11 heteroatoms. The minimum atomic E-state index is -1.12. The Kier molecular flexibility index (Phi) is 11.1. The van der Waals surface area contributed by atoms with Crippen LogP contribution in [-0.4, -0.2) is 76.5 Å². The number of nitrogens with zero attached hydrogens (tertiary/aromatic N) is 2. The van der Waals surface area contributed by atoms with Crippen LogP contribution in [0.2, 0.25) is 0 Å². The van der Waals surface area contributed by atoms with Crippen LogP contribution in [0.1, 0.15) is 24.0 Å². The van der Waals surface area contributed by atoms with E-state index in [-0.39, 0.29) is 36.5 Å². The average Bonchev–Trinajstić information content (AvgIpc) is 3.05. The highest BCUT2D eigenvalue weighted by atomic mass is 32.2. The van der Waals surface area contributed by atoms with E-state index in [1.54, 1.807) is 0 Å². The molecule has 46 heavy (non-hydrogen) atoms. The van der Waals surface area contributed by atoms with Gasteiger partial charge in [0.05, 0.1) is 11.8 Å². The summed E-state index contributed by atoms with van der Waals surface area (Å²) in [4.78, 5) is 45.7. The van der Waals surface area contributed by atoms with Gasteiger partial charge in [-0.2, -0.15) is 0 Å². The van der Waals surface area contributed by atoms with Crippen molar-refractivity contribution in [3.63, 3.8) is 0 Å². The molecule has 7 N–H and O–H groups in total. The second-order valence-corrected chi connectivity index (χ2v) is 12.5. The molecule has 0 radical (unpaired) electrons. The van der Waals surface area contributed by atoms with Crippen molar-refractivity contribution in [3.05, 3.63) is 96.1 Å². The van der Waals surface area contributed by atoms with Gasteiger partial charge in [-0.25, -0.2) is 4.79 Å². The molecule has 0 unspecified atom stereocenters. The number of carbonyl (C=O) groups is 3. The van der Waals surface area contributed by atoms with Crippen molar-refractivity contribution in [2.24, 2.45) is 16.5 Å². The zero-order valence-electron chi connectivity index (χ0n) is 25.6. The summed E-state index contributed by atoms with van der Waals surface area (Å²) in [5.41, 5.74) is 12.9. The average molecular weight is 641 g/mol. The molecule has 4 aromatic rings. The molecule has 1 fully saturated rings. The number of fused-ring (bicyclic) bond motifs is 2. The number of aliphatic imine (C=N–C) groups is 1. The molecule has 2 amide bonds. The van der Waals surface area contributed by atoms with Crippen LogP contribution in [0.4, 0.5) is 0 Å². The standard InChI is InChI=1S/C35H40N6O4S/c36-35(37)38-17-7-14-27-20-41(31(34(44)45)18-25-12-5-10-23-8-1-3-15-28(23)25)32(42)22-46-21-30(33(43)40-27)39-19-26-13-6-11-24-9-2-4-16-29(24)26/h1-6,8-13,15-16,27,30-31,39H,7,14,17-22H2,(H,40,43)(H,44,45)(H4,36,37,38)/t27-,30+,31+/m1/s1. The second-order valence-electron chi connectivity index (χ2n) is 11.5. The molecular weight excluding hydrogens is 600 g/mol. The second kappa shape index (κ2) is 15.6. The Morgan fingerprint density at radius 3 is 2.26 bits per heavy atom. The van der Waals surface area contributed by atoms with Gasteiger partial charge in [0, 0.05) is 37.8 Å². The number of carboxylic acids is 1. The molecular formula is C35H40N6O4S. The third-order valence-corrected chi connectivity index (χ3v) is 9.31. The molecule has 0 bridgehead atoms. The molecule has 0 spiro atoms. The van der Waals surface area contributed by atoms with E-state index in [1.165, 1.54) is 16.7 Å². The maximum absolute atomic E-state index is 13.8. The molecule has 3 atom stereocenters. The fourth-order valence-electron chi connectivity index (χ4n) is 5.96. The van der Waals surface area contributed by atoms with Crippen LogP contribution in [0.5, 0.6) is 0 Å². The monoisotopic (exact) mass is 640 g/mol. The number of guanidine groups is 1. The number of benzene rings is 4. The molecule has 0 aromatic heterocycles. The quantitative estimate of drug-likeness (QED) is 0.0948. The highest BCUT2D eigenvalue weighted by Gasteiger charge is 2.34. The number of carbonyl (C=O) groups excluding carboxylic acids is 2. The molecule has 1 aliphatic rings. The van der Waals surface area contributed by atoms with Gasteiger partial charge < -0.3 is 32.1 Å². The molecule has 0 saturated carbocycles. The summed E-state index contributed by atoms with van der Waals surface area (Å²) in [7, 11) is 0. The lowest BCUT2D eigenvalue weighted by Crippen LogP contribution is -2.57. The maximum Gasteiger partial charge on any atom is 0.326 e. The van der Waals surface area contributed by atoms with Crippen molar-refractivity contribution >= 4 is 57.1 Å². The van der Waals surface area contributed by atoms with Crippen molar-refractivity contribution in [2.45, 2.75) is 43.9 Å². The zero-order valence-corrected chi connectivity index (χ0v) is 26.4. The lowest BCUT2D eigenvalue weighted by molar-refractivity contribution is -0.149. The van der Waals surface area contributed by atoms with Gasteiger partial charge >= 0.3 is 5.97 Å². The van der Waals surface area contributed by atoms with E-state index >= 15 is 0 Å². The Hall–Kier alpha value is -4.61. The topological polar surface area (TPSA) is 163 Å². The molecule has 10 nitrogen and oxygen atoms in total. The summed E-state index contributed by atoms with van der Waals surface area (Å²) in [5.74, 6) is -1.20. The first kappa shape index (κ1) is 32.8. The normalized spacial score (nSPS) is 18.2. The van der Waals surface area contributed by atoms with Crippen LogP contribution < -0.4 is 22.1 Å². The number of rotatable bonds is 11. The van der Waals surface area contributed by atoms with Gasteiger partial charge in [-0.15, -0.1) is 11.8 Å². The van der Waals surface area contributed by atoms with Crippen molar-refractivity contribution < 1.29 is 19.5 Å². The van der Waals surface area contributed by atoms with Gasteiger partial charge in [0.25, 0.3) is 0 Å². The fraction of sp³-hybridized carbons (Fsp3) is 0.314. The number of nitrogens with one attached hydrogen (secondary N) is 2. The summed E-state index contributed by atoms with van der Waals surface area (Å²) in [6, 6.07) is 25.6. The predicted octanol–water partition coefficient (Wildman–Crippen LogP) is 3.26. The first-order chi connectivity index (χ1) is 22.3.